The van der Waals surface area contributed by atoms with Gasteiger partial charge in [-0.05, 0) is 38.5 Å². The molecule has 3 unspecified atom stereocenters. The Morgan fingerprint density at radius 3 is 2.67 bits per heavy atom. The average Bonchev–Trinajstić information content (AvgIpc) is 3.04. The summed E-state index contributed by atoms with van der Waals surface area (Å²) < 4.78 is 11.4. The Bertz CT molecular complexity index is 446. The van der Waals surface area contributed by atoms with Crippen molar-refractivity contribution in [3.63, 3.8) is 0 Å². The molecule has 1 saturated carbocycles. The fraction of sp³-hybridized carbons (Fsp3) is 0.947. The summed E-state index contributed by atoms with van der Waals surface area (Å²) in [4.78, 5) is 7.07. The van der Waals surface area contributed by atoms with E-state index in [1.807, 2.05) is 0 Å². The fourth-order valence-corrected chi connectivity index (χ4v) is 4.70. The summed E-state index contributed by atoms with van der Waals surface area (Å²) in [5.41, 5.74) is 0.192. The van der Waals surface area contributed by atoms with Gasteiger partial charge in [-0.3, -0.25) is 4.99 Å². The quantitative estimate of drug-likeness (QED) is 0.618. The Kier molecular flexibility index (Phi) is 5.70. The Labute approximate surface area is 147 Å². The number of hydrogen-bond acceptors (Lipinski definition) is 3. The molecule has 0 aromatic heterocycles. The molecule has 3 rings (SSSR count). The lowest BCUT2D eigenvalue weighted by Crippen LogP contribution is -2.68. The van der Waals surface area contributed by atoms with Crippen molar-refractivity contribution in [3.8, 4) is 0 Å². The number of rotatable bonds is 5. The highest BCUT2D eigenvalue weighted by atomic mass is 16.5. The van der Waals surface area contributed by atoms with E-state index in [1.54, 1.807) is 0 Å². The minimum absolute atomic E-state index is 0.192. The highest BCUT2D eigenvalue weighted by molar-refractivity contribution is 5.80. The van der Waals surface area contributed by atoms with Gasteiger partial charge in [-0.2, -0.15) is 0 Å². The van der Waals surface area contributed by atoms with Crippen LogP contribution in [0.1, 0.15) is 46.5 Å². The number of nitrogens with zero attached hydrogens (tertiary/aromatic N) is 2. The molecule has 2 saturated heterocycles. The van der Waals surface area contributed by atoms with Crippen LogP contribution in [0.3, 0.4) is 0 Å². The summed E-state index contributed by atoms with van der Waals surface area (Å²) in [7, 11) is 2.18. The van der Waals surface area contributed by atoms with Crippen molar-refractivity contribution in [1.29, 1.82) is 0 Å². The molecule has 3 aliphatic rings. The summed E-state index contributed by atoms with van der Waals surface area (Å²) in [6.07, 6.45) is 5.24. The van der Waals surface area contributed by atoms with Gasteiger partial charge < -0.3 is 19.7 Å². The van der Waals surface area contributed by atoms with Gasteiger partial charge in [0.25, 0.3) is 0 Å². The van der Waals surface area contributed by atoms with E-state index in [0.717, 1.165) is 44.8 Å². The van der Waals surface area contributed by atoms with E-state index < -0.39 is 0 Å². The zero-order chi connectivity index (χ0) is 17.2. The summed E-state index contributed by atoms with van der Waals surface area (Å²) in [6, 6.07) is 0.473. The maximum atomic E-state index is 5.92. The molecule has 0 aromatic rings. The first-order valence-electron chi connectivity index (χ1n) is 9.75. The molecule has 0 amide bonds. The van der Waals surface area contributed by atoms with Crippen LogP contribution in [-0.4, -0.2) is 63.0 Å². The molecule has 2 heterocycles. The van der Waals surface area contributed by atoms with Crippen LogP contribution >= 0.6 is 0 Å². The normalized spacial score (nSPS) is 33.0. The second kappa shape index (κ2) is 7.61. The lowest BCUT2D eigenvalue weighted by molar-refractivity contribution is -0.107. The van der Waals surface area contributed by atoms with Crippen molar-refractivity contribution in [2.45, 2.75) is 58.6 Å². The molecule has 5 nitrogen and oxygen atoms in total. The first-order chi connectivity index (χ1) is 11.5. The molecular formula is C19H35N3O2. The number of nitrogens with one attached hydrogen (secondary N) is 1. The molecule has 1 N–H and O–H groups in total. The molecule has 5 heteroatoms. The highest BCUT2D eigenvalue weighted by Crippen LogP contribution is 2.52. The number of hydrogen-bond donors (Lipinski definition) is 1. The number of fused-ring (bicyclic) bond motifs is 1. The Hall–Kier alpha value is -0.810. The van der Waals surface area contributed by atoms with E-state index in [9.17, 15) is 0 Å². The molecular weight excluding hydrogens is 302 g/mol. The Balaban J connectivity index is 1.55. The topological polar surface area (TPSA) is 46.1 Å². The van der Waals surface area contributed by atoms with Gasteiger partial charge in [0, 0.05) is 57.3 Å². The second-order valence-electron chi connectivity index (χ2n) is 8.25. The first-order valence-corrected chi connectivity index (χ1v) is 9.75. The Morgan fingerprint density at radius 2 is 1.96 bits per heavy atom. The molecule has 3 atom stereocenters. The Morgan fingerprint density at radius 1 is 1.21 bits per heavy atom. The molecule has 2 aliphatic heterocycles. The number of aliphatic imine (C=N–C) groups is 1. The van der Waals surface area contributed by atoms with E-state index in [1.165, 1.54) is 25.7 Å². The van der Waals surface area contributed by atoms with Crippen molar-refractivity contribution in [2.24, 2.45) is 22.2 Å². The van der Waals surface area contributed by atoms with Crippen LogP contribution in [0.15, 0.2) is 4.99 Å². The van der Waals surface area contributed by atoms with Gasteiger partial charge in [-0.1, -0.05) is 13.8 Å². The van der Waals surface area contributed by atoms with Crippen molar-refractivity contribution < 1.29 is 9.47 Å². The standard InChI is InChI=1S/C19H35N3O2/c1-5-20-18(22(4)10-6-14-7-11-23-12-8-14)21-16-15-9-13-24-17(15)19(16,2)3/h14-17H,5-13H2,1-4H3,(H,20,21). The minimum atomic E-state index is 0.192. The van der Waals surface area contributed by atoms with E-state index in [2.05, 4.69) is 38.0 Å². The molecule has 1 aliphatic carbocycles. The van der Waals surface area contributed by atoms with Crippen molar-refractivity contribution in [1.82, 2.24) is 10.2 Å². The third-order valence-electron chi connectivity index (χ3n) is 6.27. The van der Waals surface area contributed by atoms with Gasteiger partial charge in [0.1, 0.15) is 0 Å². The van der Waals surface area contributed by atoms with Gasteiger partial charge >= 0.3 is 0 Å². The summed E-state index contributed by atoms with van der Waals surface area (Å²) in [6.45, 7) is 11.4. The predicted octanol–water partition coefficient (Wildman–Crippen LogP) is 2.51. The second-order valence-corrected chi connectivity index (χ2v) is 8.25. The number of ether oxygens (including phenoxy) is 2. The van der Waals surface area contributed by atoms with Gasteiger partial charge in [-0.15, -0.1) is 0 Å². The van der Waals surface area contributed by atoms with Crippen LogP contribution in [0.4, 0.5) is 0 Å². The molecule has 24 heavy (non-hydrogen) atoms. The van der Waals surface area contributed by atoms with E-state index >= 15 is 0 Å². The highest BCUT2D eigenvalue weighted by Gasteiger charge is 2.59. The van der Waals surface area contributed by atoms with E-state index in [4.69, 9.17) is 14.5 Å². The molecule has 138 valence electrons. The molecule has 3 fully saturated rings. The van der Waals surface area contributed by atoms with E-state index in [0.29, 0.717) is 18.1 Å². The van der Waals surface area contributed by atoms with Crippen LogP contribution in [-0.2, 0) is 9.47 Å². The monoisotopic (exact) mass is 337 g/mol. The summed E-state index contributed by atoms with van der Waals surface area (Å²) >= 11 is 0. The maximum absolute atomic E-state index is 5.92. The SMILES string of the molecule is CCN=C(NC1C2CCOC2C1(C)C)N(C)CCC1CCOCC1. The lowest BCUT2D eigenvalue weighted by Gasteiger charge is -2.55. The minimum Gasteiger partial charge on any atom is -0.381 e. The van der Waals surface area contributed by atoms with Gasteiger partial charge in [-0.25, -0.2) is 0 Å². The van der Waals surface area contributed by atoms with Gasteiger partial charge in [0.2, 0.25) is 0 Å². The third-order valence-corrected chi connectivity index (χ3v) is 6.27. The maximum Gasteiger partial charge on any atom is 0.193 e. The van der Waals surface area contributed by atoms with E-state index in [-0.39, 0.29) is 5.41 Å². The molecule has 0 spiro atoms. The van der Waals surface area contributed by atoms with Crippen LogP contribution in [0.25, 0.3) is 0 Å². The van der Waals surface area contributed by atoms with Crippen molar-refractivity contribution >= 4 is 5.96 Å². The van der Waals surface area contributed by atoms with Crippen LogP contribution in [0.5, 0.6) is 0 Å². The first kappa shape index (κ1) is 18.0. The number of guanidine groups is 1. The molecule has 0 radical (unpaired) electrons. The third kappa shape index (κ3) is 3.57. The van der Waals surface area contributed by atoms with Crippen LogP contribution in [0, 0.1) is 17.3 Å². The van der Waals surface area contributed by atoms with Crippen molar-refractivity contribution in [3.05, 3.63) is 0 Å². The average molecular weight is 338 g/mol. The fourth-order valence-electron chi connectivity index (χ4n) is 4.70. The van der Waals surface area contributed by atoms with Gasteiger partial charge in [0.05, 0.1) is 6.10 Å². The van der Waals surface area contributed by atoms with Crippen molar-refractivity contribution in [2.75, 3.05) is 40.0 Å². The zero-order valence-electron chi connectivity index (χ0n) is 15.9. The summed E-state index contributed by atoms with van der Waals surface area (Å²) in [5, 5.41) is 3.77. The molecule has 0 aromatic carbocycles. The summed E-state index contributed by atoms with van der Waals surface area (Å²) in [5.74, 6) is 2.51. The lowest BCUT2D eigenvalue weighted by atomic mass is 9.57. The molecule has 0 bridgehead atoms. The predicted molar refractivity (Wildman–Crippen MR) is 97.3 cm³/mol. The zero-order valence-corrected chi connectivity index (χ0v) is 15.9. The van der Waals surface area contributed by atoms with Crippen LogP contribution < -0.4 is 5.32 Å². The van der Waals surface area contributed by atoms with Gasteiger partial charge in [0.15, 0.2) is 5.96 Å². The smallest absolute Gasteiger partial charge is 0.193 e. The largest absolute Gasteiger partial charge is 0.381 e. The van der Waals surface area contributed by atoms with Crippen LogP contribution in [0.2, 0.25) is 0 Å².